The summed E-state index contributed by atoms with van der Waals surface area (Å²) in [4.78, 5) is 12.6. The minimum Gasteiger partial charge on any atom is -0.389 e. The first kappa shape index (κ1) is 16.6. The highest BCUT2D eigenvalue weighted by Crippen LogP contribution is 2.24. The van der Waals surface area contributed by atoms with Gasteiger partial charge in [-0.15, -0.1) is 0 Å². The number of amides is 1. The zero-order valence-corrected chi connectivity index (χ0v) is 16.1. The molecule has 0 saturated carbocycles. The Hall–Kier alpha value is -0.760. The van der Waals surface area contributed by atoms with Crippen LogP contribution in [0.4, 0.5) is 5.69 Å². The fraction of sp³-hybridized carbons (Fsp3) is 0. The summed E-state index contributed by atoms with van der Waals surface area (Å²) >= 11 is 15.1. The number of hydrogen-bond donors (Lipinski definition) is 2. The maximum atomic E-state index is 12.3. The minimum absolute atomic E-state index is 0.224. The molecule has 1 amide bonds. The van der Waals surface area contributed by atoms with Crippen LogP contribution in [-0.4, -0.2) is 10.9 Å². The van der Waals surface area contributed by atoms with Gasteiger partial charge in [0.2, 0.25) is 0 Å². The van der Waals surface area contributed by atoms with E-state index >= 15 is 0 Å². The number of carbonyl (C=O) groups is 1. The van der Waals surface area contributed by atoms with Crippen LogP contribution in [0.2, 0.25) is 0 Å². The predicted molar refractivity (Wildman–Crippen MR) is 99.8 cm³/mol. The largest absolute Gasteiger partial charge is 0.389 e. The molecule has 108 valence electrons. The van der Waals surface area contributed by atoms with Crippen molar-refractivity contribution in [3.63, 3.8) is 0 Å². The molecule has 2 aromatic rings. The van der Waals surface area contributed by atoms with E-state index in [9.17, 15) is 4.79 Å². The van der Waals surface area contributed by atoms with Crippen molar-refractivity contribution in [2.75, 3.05) is 5.32 Å². The third kappa shape index (κ3) is 4.35. The molecule has 0 bridgehead atoms. The van der Waals surface area contributed by atoms with E-state index in [1.54, 1.807) is 24.3 Å². The predicted octanol–water partition coefficient (Wildman–Crippen LogP) is 4.86. The molecule has 0 saturated heterocycles. The van der Waals surface area contributed by atoms with E-state index in [4.69, 9.17) is 18.0 Å². The number of rotatable bonds is 3. The number of halogens is 3. The van der Waals surface area contributed by atoms with Gasteiger partial charge in [0.25, 0.3) is 5.91 Å². The molecule has 0 spiro atoms. The van der Waals surface area contributed by atoms with Crippen molar-refractivity contribution in [3.05, 3.63) is 60.9 Å². The molecule has 0 aliphatic carbocycles. The molecule has 0 unspecified atom stereocenters. The molecule has 3 nitrogen and oxygen atoms in total. The van der Waals surface area contributed by atoms with E-state index in [1.165, 1.54) is 0 Å². The maximum absolute atomic E-state index is 12.3. The Bertz CT molecular complexity index is 714. The summed E-state index contributed by atoms with van der Waals surface area (Å²) < 4.78 is 2.47. The monoisotopic (exact) mass is 490 g/mol. The van der Waals surface area contributed by atoms with Crippen molar-refractivity contribution in [3.8, 4) is 0 Å². The summed E-state index contributed by atoms with van der Waals surface area (Å²) in [5.41, 5.74) is 7.40. The highest BCUT2D eigenvalue weighted by Gasteiger charge is 2.12. The molecule has 3 N–H and O–H groups in total. The average Bonchev–Trinajstić information content (AvgIpc) is 2.39. The van der Waals surface area contributed by atoms with Crippen molar-refractivity contribution in [1.82, 2.24) is 0 Å². The summed E-state index contributed by atoms with van der Waals surface area (Å²) in [6, 6.07) is 10.7. The normalized spacial score (nSPS) is 10.2. The highest BCUT2D eigenvalue weighted by molar-refractivity contribution is 9.11. The van der Waals surface area contributed by atoms with Crippen molar-refractivity contribution >= 4 is 76.6 Å². The molecule has 0 aliphatic heterocycles. The molecule has 0 heterocycles. The molecule has 7 heteroatoms. The zero-order valence-electron chi connectivity index (χ0n) is 10.5. The number of thiocarbonyl (C=S) groups is 1. The first-order chi connectivity index (χ1) is 9.86. The van der Waals surface area contributed by atoms with Crippen molar-refractivity contribution in [2.45, 2.75) is 0 Å². The third-order valence-corrected chi connectivity index (χ3v) is 4.25. The van der Waals surface area contributed by atoms with E-state index in [0.717, 1.165) is 13.4 Å². The molecule has 2 rings (SSSR count). The molecule has 0 radical (unpaired) electrons. The lowest BCUT2D eigenvalue weighted by atomic mass is 10.1. The first-order valence-corrected chi connectivity index (χ1v) is 8.52. The van der Waals surface area contributed by atoms with Gasteiger partial charge < -0.3 is 11.1 Å². The van der Waals surface area contributed by atoms with Crippen LogP contribution < -0.4 is 11.1 Å². The van der Waals surface area contributed by atoms with Crippen LogP contribution in [0, 0.1) is 0 Å². The number of nitrogens with one attached hydrogen (secondary N) is 1. The van der Waals surface area contributed by atoms with Crippen molar-refractivity contribution < 1.29 is 4.79 Å². The van der Waals surface area contributed by atoms with Gasteiger partial charge >= 0.3 is 0 Å². The molecule has 21 heavy (non-hydrogen) atoms. The van der Waals surface area contributed by atoms with Crippen molar-refractivity contribution in [1.29, 1.82) is 0 Å². The lowest BCUT2D eigenvalue weighted by molar-refractivity contribution is 0.102. The van der Waals surface area contributed by atoms with Gasteiger partial charge in [-0.25, -0.2) is 0 Å². The van der Waals surface area contributed by atoms with Gasteiger partial charge in [-0.05, 0) is 36.4 Å². The Kier molecular flexibility index (Phi) is 5.54. The van der Waals surface area contributed by atoms with E-state index in [0.29, 0.717) is 16.8 Å². The molecular formula is C14H9Br3N2OS. The van der Waals surface area contributed by atoms with E-state index in [1.807, 2.05) is 12.1 Å². The Morgan fingerprint density at radius 3 is 2.19 bits per heavy atom. The third-order valence-electron chi connectivity index (χ3n) is 2.62. The Morgan fingerprint density at radius 2 is 1.62 bits per heavy atom. The number of carbonyl (C=O) groups excluding carboxylic acids is 1. The number of benzene rings is 2. The van der Waals surface area contributed by atoms with Gasteiger partial charge in [0, 0.05) is 24.5 Å². The zero-order chi connectivity index (χ0) is 15.6. The lowest BCUT2D eigenvalue weighted by Crippen LogP contribution is -2.17. The standard InChI is InChI=1S/C14H9Br3N2OS/c15-8-1-2-12(11(6-8)13(18)21)19-14(20)7-3-9(16)5-10(17)4-7/h1-6H,(H2,18,21)(H,19,20). The second-order valence-electron chi connectivity index (χ2n) is 4.17. The molecule has 0 fully saturated rings. The number of nitrogens with two attached hydrogens (primary N) is 1. The van der Waals surface area contributed by atoms with Gasteiger partial charge in [0.1, 0.15) is 4.99 Å². The van der Waals surface area contributed by atoms with E-state index in [2.05, 4.69) is 53.1 Å². The van der Waals surface area contributed by atoms with Gasteiger partial charge in [0.15, 0.2) is 0 Å². The Morgan fingerprint density at radius 1 is 1.00 bits per heavy atom. The maximum Gasteiger partial charge on any atom is 0.255 e. The molecule has 0 aromatic heterocycles. The smallest absolute Gasteiger partial charge is 0.255 e. The second-order valence-corrected chi connectivity index (χ2v) is 7.35. The second kappa shape index (κ2) is 7.00. The fourth-order valence-electron chi connectivity index (χ4n) is 1.71. The van der Waals surface area contributed by atoms with Gasteiger partial charge in [-0.2, -0.15) is 0 Å². The van der Waals surface area contributed by atoms with Crippen molar-refractivity contribution in [2.24, 2.45) is 5.73 Å². The van der Waals surface area contributed by atoms with Crippen LogP contribution in [0.5, 0.6) is 0 Å². The van der Waals surface area contributed by atoms with Crippen LogP contribution >= 0.6 is 60.0 Å². The first-order valence-electron chi connectivity index (χ1n) is 5.73. The van der Waals surface area contributed by atoms with E-state index < -0.39 is 0 Å². The highest BCUT2D eigenvalue weighted by atomic mass is 79.9. The van der Waals surface area contributed by atoms with E-state index in [-0.39, 0.29) is 10.9 Å². The summed E-state index contributed by atoms with van der Waals surface area (Å²) in [6.45, 7) is 0. The van der Waals surface area contributed by atoms with Crippen LogP contribution in [0.25, 0.3) is 0 Å². The number of anilines is 1. The quantitative estimate of drug-likeness (QED) is 0.602. The van der Waals surface area contributed by atoms with Gasteiger partial charge in [-0.1, -0.05) is 60.0 Å². The minimum atomic E-state index is -0.239. The van der Waals surface area contributed by atoms with Gasteiger partial charge in [0.05, 0.1) is 5.69 Å². The lowest BCUT2D eigenvalue weighted by Gasteiger charge is -2.11. The molecule has 0 atom stereocenters. The summed E-state index contributed by atoms with van der Waals surface area (Å²) in [6.07, 6.45) is 0. The topological polar surface area (TPSA) is 55.1 Å². The Balaban J connectivity index is 2.33. The molecule has 0 aliphatic rings. The molecular weight excluding hydrogens is 484 g/mol. The number of hydrogen-bond acceptors (Lipinski definition) is 2. The van der Waals surface area contributed by atoms with Crippen LogP contribution in [-0.2, 0) is 0 Å². The molecule has 2 aromatic carbocycles. The summed E-state index contributed by atoms with van der Waals surface area (Å²) in [5, 5.41) is 2.82. The Labute approximate surface area is 152 Å². The van der Waals surface area contributed by atoms with Crippen LogP contribution in [0.1, 0.15) is 15.9 Å². The SMILES string of the molecule is NC(=S)c1cc(Br)ccc1NC(=O)c1cc(Br)cc(Br)c1. The average molecular weight is 493 g/mol. The fourth-order valence-corrected chi connectivity index (χ4v) is 3.53. The van der Waals surface area contributed by atoms with Crippen LogP contribution in [0.3, 0.4) is 0 Å². The summed E-state index contributed by atoms with van der Waals surface area (Å²) in [5.74, 6) is -0.239. The van der Waals surface area contributed by atoms with Gasteiger partial charge in [-0.3, -0.25) is 4.79 Å². The summed E-state index contributed by atoms with van der Waals surface area (Å²) in [7, 11) is 0. The van der Waals surface area contributed by atoms with Crippen LogP contribution in [0.15, 0.2) is 49.8 Å².